The van der Waals surface area contributed by atoms with E-state index in [1.165, 1.54) is 6.07 Å². The zero-order valence-electron chi connectivity index (χ0n) is 12.1. The van der Waals surface area contributed by atoms with E-state index in [1.54, 1.807) is 4.72 Å². The Labute approximate surface area is 131 Å². The molecule has 1 unspecified atom stereocenters. The van der Waals surface area contributed by atoms with Crippen LogP contribution in [0.4, 0.5) is 24.5 Å². The van der Waals surface area contributed by atoms with Gasteiger partial charge in [0.1, 0.15) is 6.10 Å². The molecule has 0 saturated carbocycles. The summed E-state index contributed by atoms with van der Waals surface area (Å²) in [6, 6.07) is 2.82. The average Bonchev–Trinajstić information content (AvgIpc) is 2.91. The van der Waals surface area contributed by atoms with Crippen LogP contribution in [0.25, 0.3) is 0 Å². The fourth-order valence-corrected chi connectivity index (χ4v) is 2.73. The molecular formula is C13H15F3N2O4S. The summed E-state index contributed by atoms with van der Waals surface area (Å²) in [5.74, 6) is -0.528. The number of ether oxygens (including phenoxy) is 1. The SMILES string of the molecule is CS(=O)(=O)Nc1ccc(NC(=O)C2CCCO2)cc1C(F)(F)F. The van der Waals surface area contributed by atoms with Gasteiger partial charge in [0.05, 0.1) is 17.5 Å². The Morgan fingerprint density at radius 3 is 2.57 bits per heavy atom. The number of carbonyl (C=O) groups excluding carboxylic acids is 1. The zero-order chi connectivity index (χ0) is 17.3. The molecule has 1 saturated heterocycles. The minimum Gasteiger partial charge on any atom is -0.368 e. The fourth-order valence-electron chi connectivity index (χ4n) is 2.15. The quantitative estimate of drug-likeness (QED) is 0.870. The lowest BCUT2D eigenvalue weighted by atomic mass is 10.1. The number of sulfonamides is 1. The monoisotopic (exact) mass is 352 g/mol. The molecular weight excluding hydrogens is 337 g/mol. The van der Waals surface area contributed by atoms with Crippen LogP contribution in [0.2, 0.25) is 0 Å². The lowest BCUT2D eigenvalue weighted by Crippen LogP contribution is -2.27. The normalized spacial score (nSPS) is 18.7. The van der Waals surface area contributed by atoms with Gasteiger partial charge in [-0.15, -0.1) is 0 Å². The van der Waals surface area contributed by atoms with E-state index in [0.29, 0.717) is 25.5 Å². The second-order valence-electron chi connectivity index (χ2n) is 5.12. The molecule has 0 aliphatic carbocycles. The van der Waals surface area contributed by atoms with Crippen LogP contribution in [0.15, 0.2) is 18.2 Å². The van der Waals surface area contributed by atoms with E-state index in [9.17, 15) is 26.4 Å². The number of nitrogens with one attached hydrogen (secondary N) is 2. The van der Waals surface area contributed by atoms with E-state index in [1.807, 2.05) is 0 Å². The molecule has 1 aromatic carbocycles. The highest BCUT2D eigenvalue weighted by molar-refractivity contribution is 7.92. The number of hydrogen-bond donors (Lipinski definition) is 2. The number of benzene rings is 1. The highest BCUT2D eigenvalue weighted by Gasteiger charge is 2.35. The first kappa shape index (κ1) is 17.5. The van der Waals surface area contributed by atoms with Gasteiger partial charge >= 0.3 is 6.18 Å². The molecule has 10 heteroatoms. The first-order valence-corrected chi connectivity index (χ1v) is 8.57. The van der Waals surface area contributed by atoms with Crippen molar-refractivity contribution in [3.8, 4) is 0 Å². The van der Waals surface area contributed by atoms with E-state index in [2.05, 4.69) is 5.32 Å². The van der Waals surface area contributed by atoms with Crippen molar-refractivity contribution >= 4 is 27.3 Å². The predicted molar refractivity (Wildman–Crippen MR) is 77.5 cm³/mol. The molecule has 128 valence electrons. The molecule has 23 heavy (non-hydrogen) atoms. The minimum atomic E-state index is -4.78. The van der Waals surface area contributed by atoms with Crippen molar-refractivity contribution in [2.75, 3.05) is 22.9 Å². The summed E-state index contributed by atoms with van der Waals surface area (Å²) in [5, 5.41) is 2.35. The molecule has 1 aromatic rings. The zero-order valence-corrected chi connectivity index (χ0v) is 12.9. The number of alkyl halides is 3. The van der Waals surface area contributed by atoms with Crippen molar-refractivity contribution in [1.82, 2.24) is 0 Å². The van der Waals surface area contributed by atoms with E-state index < -0.39 is 39.5 Å². The second-order valence-corrected chi connectivity index (χ2v) is 6.87. The van der Waals surface area contributed by atoms with Crippen molar-refractivity contribution < 1.29 is 31.1 Å². The van der Waals surface area contributed by atoms with Gasteiger partial charge in [-0.2, -0.15) is 13.2 Å². The third kappa shape index (κ3) is 4.83. The summed E-state index contributed by atoms with van der Waals surface area (Å²) in [7, 11) is -3.87. The van der Waals surface area contributed by atoms with Crippen molar-refractivity contribution in [3.05, 3.63) is 23.8 Å². The predicted octanol–water partition coefficient (Wildman–Crippen LogP) is 2.19. The molecule has 1 aliphatic heterocycles. The van der Waals surface area contributed by atoms with Crippen LogP contribution >= 0.6 is 0 Å². The highest BCUT2D eigenvalue weighted by atomic mass is 32.2. The fraction of sp³-hybridized carbons (Fsp3) is 0.462. The van der Waals surface area contributed by atoms with Gasteiger partial charge in [-0.25, -0.2) is 8.42 Å². The summed E-state index contributed by atoms with van der Waals surface area (Å²) in [4.78, 5) is 11.9. The van der Waals surface area contributed by atoms with E-state index in [0.717, 1.165) is 12.3 Å². The number of carbonyl (C=O) groups is 1. The number of amides is 1. The smallest absolute Gasteiger partial charge is 0.368 e. The Balaban J connectivity index is 2.27. The molecule has 1 atom stereocenters. The van der Waals surface area contributed by atoms with Crippen LogP contribution < -0.4 is 10.0 Å². The van der Waals surface area contributed by atoms with Crippen LogP contribution in [0, 0.1) is 0 Å². The summed E-state index contributed by atoms with van der Waals surface area (Å²) in [5.41, 5.74) is -1.87. The van der Waals surface area contributed by atoms with Crippen molar-refractivity contribution in [1.29, 1.82) is 0 Å². The van der Waals surface area contributed by atoms with Crippen molar-refractivity contribution in [3.63, 3.8) is 0 Å². The van der Waals surface area contributed by atoms with Gasteiger partial charge in [0.15, 0.2) is 0 Å². The van der Waals surface area contributed by atoms with E-state index in [4.69, 9.17) is 4.74 Å². The van der Waals surface area contributed by atoms with Crippen LogP contribution in [0.1, 0.15) is 18.4 Å². The van der Waals surface area contributed by atoms with E-state index in [-0.39, 0.29) is 5.69 Å². The van der Waals surface area contributed by atoms with Gasteiger partial charge in [0, 0.05) is 12.3 Å². The third-order valence-corrected chi connectivity index (χ3v) is 3.70. The molecule has 0 bridgehead atoms. The van der Waals surface area contributed by atoms with Crippen LogP contribution in [-0.4, -0.2) is 33.3 Å². The molecule has 1 aliphatic rings. The Morgan fingerprint density at radius 2 is 2.04 bits per heavy atom. The summed E-state index contributed by atoms with van der Waals surface area (Å²) in [6.45, 7) is 0.434. The molecule has 0 radical (unpaired) electrons. The van der Waals surface area contributed by atoms with Gasteiger partial charge in [0.25, 0.3) is 5.91 Å². The number of halogens is 3. The second kappa shape index (κ2) is 6.36. The van der Waals surface area contributed by atoms with Crippen molar-refractivity contribution in [2.45, 2.75) is 25.1 Å². The van der Waals surface area contributed by atoms with Gasteiger partial charge in [-0.05, 0) is 31.0 Å². The molecule has 2 rings (SSSR count). The Bertz CT molecular complexity index is 698. The average molecular weight is 352 g/mol. The minimum absolute atomic E-state index is 0.0862. The molecule has 1 heterocycles. The summed E-state index contributed by atoms with van der Waals surface area (Å²) >= 11 is 0. The Hall–Kier alpha value is -1.81. The maximum absolute atomic E-state index is 13.1. The highest BCUT2D eigenvalue weighted by Crippen LogP contribution is 2.37. The number of rotatable bonds is 4. The molecule has 0 spiro atoms. The summed E-state index contributed by atoms with van der Waals surface area (Å²) in [6.07, 6.45) is -3.50. The van der Waals surface area contributed by atoms with Gasteiger partial charge < -0.3 is 10.1 Å². The first-order chi connectivity index (χ1) is 10.6. The molecule has 1 fully saturated rings. The van der Waals surface area contributed by atoms with Crippen LogP contribution in [-0.2, 0) is 25.7 Å². The van der Waals surface area contributed by atoms with Crippen molar-refractivity contribution in [2.24, 2.45) is 0 Å². The lowest BCUT2D eigenvalue weighted by molar-refractivity contribution is -0.137. The molecule has 0 aromatic heterocycles. The maximum Gasteiger partial charge on any atom is 0.418 e. The molecule has 2 N–H and O–H groups in total. The Morgan fingerprint density at radius 1 is 1.35 bits per heavy atom. The van der Waals surface area contributed by atoms with Gasteiger partial charge in [-0.3, -0.25) is 9.52 Å². The largest absolute Gasteiger partial charge is 0.418 e. The third-order valence-electron chi connectivity index (χ3n) is 3.11. The van der Waals surface area contributed by atoms with Crippen LogP contribution in [0.3, 0.4) is 0 Å². The standard InChI is InChI=1S/C13H15F3N2O4S/c1-23(20,21)18-10-5-4-8(7-9(10)13(14,15)16)17-12(19)11-3-2-6-22-11/h4-5,7,11,18H,2-3,6H2,1H3,(H,17,19). The summed E-state index contributed by atoms with van der Waals surface area (Å²) < 4.78 is 68.5. The molecule has 6 nitrogen and oxygen atoms in total. The lowest BCUT2D eigenvalue weighted by Gasteiger charge is -2.16. The first-order valence-electron chi connectivity index (χ1n) is 6.68. The topological polar surface area (TPSA) is 84.5 Å². The Kier molecular flexibility index (Phi) is 4.85. The molecule has 1 amide bonds. The number of hydrogen-bond acceptors (Lipinski definition) is 4. The van der Waals surface area contributed by atoms with Gasteiger partial charge in [0.2, 0.25) is 10.0 Å². The van der Waals surface area contributed by atoms with Gasteiger partial charge in [-0.1, -0.05) is 0 Å². The number of anilines is 2. The maximum atomic E-state index is 13.1. The van der Waals surface area contributed by atoms with E-state index >= 15 is 0 Å². The van der Waals surface area contributed by atoms with Crippen LogP contribution in [0.5, 0.6) is 0 Å².